The van der Waals surface area contributed by atoms with Crippen LogP contribution in [0.2, 0.25) is 0 Å². The third-order valence-corrected chi connectivity index (χ3v) is 0. The predicted molar refractivity (Wildman–Crippen MR) is 42.7 cm³/mol. The van der Waals surface area contributed by atoms with Crippen molar-refractivity contribution in [3.05, 3.63) is 0 Å². The van der Waals surface area contributed by atoms with Crippen LogP contribution < -0.4 is 0 Å². The molecule has 6 heavy (non-hydrogen) atoms. The first-order chi connectivity index (χ1) is 1.41. The van der Waals surface area contributed by atoms with Gasteiger partial charge in [-0.25, -0.2) is 0 Å². The van der Waals surface area contributed by atoms with Crippen LogP contribution in [0.25, 0.3) is 0 Å². The van der Waals surface area contributed by atoms with Crippen molar-refractivity contribution in [2.45, 2.75) is 0 Å². The molecule has 32 valence electrons. The molecule has 0 unspecified atom stereocenters. The summed E-state index contributed by atoms with van der Waals surface area (Å²) >= 11 is 1.91. The summed E-state index contributed by atoms with van der Waals surface area (Å²) in [5, 5.41) is 0. The Bertz CT molecular complexity index is 15.5. The maximum atomic E-state index is 1.91. The zero-order chi connectivity index (χ0) is 2.71. The number of hydrogen-bond donors (Lipinski definition) is 0. The van der Waals surface area contributed by atoms with Gasteiger partial charge in [0.2, 0.25) is 0 Å². The van der Waals surface area contributed by atoms with Crippen LogP contribution >= 0.6 is 0 Å². The molecule has 0 aliphatic heterocycles. The Labute approximate surface area is 99.3 Å². The Hall–Kier alpha value is 3.15. The monoisotopic (exact) mass is 478 g/mol. The van der Waals surface area contributed by atoms with Gasteiger partial charge in [0.1, 0.15) is 0 Å². The van der Waals surface area contributed by atoms with Crippen LogP contribution in [0.1, 0.15) is 0 Å². The minimum absolute atomic E-state index is 0. The Kier molecular flexibility index (Phi) is 92.4. The summed E-state index contributed by atoms with van der Waals surface area (Å²) < 4.78 is 1.44. The second-order valence-corrected chi connectivity index (χ2v) is 6.36. The van der Waals surface area contributed by atoms with Crippen LogP contribution in [0.3, 0.4) is 0 Å². The molecular weight excluding hydrogens is 466 g/mol. The molecular formula is H10AlBPbSiTeZn. The average Bonchev–Trinajstić information content (AvgIpc) is 0.918. The van der Waals surface area contributed by atoms with Crippen molar-refractivity contribution in [3.63, 3.8) is 0 Å². The van der Waals surface area contributed by atoms with Crippen molar-refractivity contribution in [2.75, 3.05) is 0 Å². The Balaban J connectivity index is -0.00000000667. The van der Waals surface area contributed by atoms with Gasteiger partial charge in [0.25, 0.3) is 0 Å². The van der Waals surface area contributed by atoms with Gasteiger partial charge < -0.3 is 0 Å². The van der Waals surface area contributed by atoms with E-state index in [0.29, 0.717) is 0 Å². The van der Waals surface area contributed by atoms with E-state index < -0.39 is 0 Å². The zero-order valence-corrected chi connectivity index (χ0v) is 16.6. The van der Waals surface area contributed by atoms with E-state index in [1.807, 2.05) is 22.1 Å². The van der Waals surface area contributed by atoms with E-state index in [-0.39, 0.29) is 64.1 Å². The maximum Gasteiger partial charge on any atom is 0 e. The molecule has 2 radical (unpaired) electrons. The molecule has 0 aromatic rings. The topological polar surface area (TPSA) is 0 Å². The van der Waals surface area contributed by atoms with Gasteiger partial charge in [0, 0.05) is 19.5 Å². The molecule has 0 N–H and O–H groups in total. The van der Waals surface area contributed by atoms with Gasteiger partial charge in [0.15, 0.2) is 17.4 Å². The molecule has 0 spiro atoms. The molecule has 0 fully saturated rings. The summed E-state index contributed by atoms with van der Waals surface area (Å²) in [4.78, 5) is 0. The molecule has 0 saturated carbocycles. The van der Waals surface area contributed by atoms with Gasteiger partial charge in [-0.15, -0.1) is 0 Å². The summed E-state index contributed by atoms with van der Waals surface area (Å²) in [6.07, 6.45) is 0. The van der Waals surface area contributed by atoms with Gasteiger partial charge in [-0.05, 0) is 0 Å². The van der Waals surface area contributed by atoms with Crippen LogP contribution in [0.5, 0.6) is 0 Å². The third-order valence-electron chi connectivity index (χ3n) is 0. The number of rotatable bonds is 0. The fraction of sp³-hybridized carbons (Fsp3) is 0. The summed E-state index contributed by atoms with van der Waals surface area (Å²) in [6.45, 7) is 0. The minimum atomic E-state index is 0. The van der Waals surface area contributed by atoms with E-state index in [1.165, 1.54) is 14.9 Å². The smallest absolute Gasteiger partial charge is 0 e. The maximum absolute atomic E-state index is 1.91. The van der Waals surface area contributed by atoms with Crippen molar-refractivity contribution >= 4 is 81.6 Å². The summed E-state index contributed by atoms with van der Waals surface area (Å²) in [5.74, 6) is 0. The molecule has 0 atom stereocenters. The molecule has 0 aliphatic rings. The SMILES string of the molecule is [AlH3].[PbH2].[SiH3]B[TeH].[Zn]. The molecule has 0 saturated heterocycles. The van der Waals surface area contributed by atoms with Crippen LogP contribution in [0, 0.1) is 0 Å². The second-order valence-electron chi connectivity index (χ2n) is 0.316. The zero-order valence-electron chi connectivity index (χ0n) is 3.57. The van der Waals surface area contributed by atoms with Gasteiger partial charge in [-0.3, -0.25) is 0 Å². The van der Waals surface area contributed by atoms with Gasteiger partial charge in [-0.1, -0.05) is 0 Å². The van der Waals surface area contributed by atoms with E-state index in [0.717, 1.165) is 0 Å². The summed E-state index contributed by atoms with van der Waals surface area (Å²) in [5.41, 5.74) is 0. The molecule has 0 rings (SSSR count). The van der Waals surface area contributed by atoms with Crippen molar-refractivity contribution in [1.82, 2.24) is 0 Å². The fourth-order valence-corrected chi connectivity index (χ4v) is 0. The van der Waals surface area contributed by atoms with E-state index in [9.17, 15) is 0 Å². The van der Waals surface area contributed by atoms with Crippen molar-refractivity contribution in [3.8, 4) is 0 Å². The van der Waals surface area contributed by atoms with Crippen LogP contribution in [-0.4, -0.2) is 81.6 Å². The molecule has 0 nitrogen and oxygen atoms in total. The fourth-order valence-electron chi connectivity index (χ4n) is 0. The van der Waals surface area contributed by atoms with E-state index >= 15 is 0 Å². The van der Waals surface area contributed by atoms with Gasteiger partial charge in [-0.2, -0.15) is 0 Å². The van der Waals surface area contributed by atoms with Crippen molar-refractivity contribution in [1.29, 1.82) is 0 Å². The Morgan fingerprint density at radius 3 is 1.50 bits per heavy atom. The normalized spacial score (nSPS) is 2.83. The molecule has 0 heterocycles. The first-order valence-corrected chi connectivity index (χ1v) is 4.24. The van der Waals surface area contributed by atoms with E-state index in [2.05, 4.69) is 0 Å². The number of hydrogen-bond acceptors (Lipinski definition) is 0. The third kappa shape index (κ3) is 27.3. The summed E-state index contributed by atoms with van der Waals surface area (Å²) in [6, 6.07) is 0. The summed E-state index contributed by atoms with van der Waals surface area (Å²) in [7, 11) is 1.39. The predicted octanol–water partition coefficient (Wildman–Crippen LogP) is -4.58. The first-order valence-electron chi connectivity index (χ1n) is 1.02. The standard InChI is InChI=1S/Al.BH5SiTe.Pb.Zn.5H/c;2-1-3;;;;;;;/h;1,3H,2H3;;;;;;;. The van der Waals surface area contributed by atoms with Crippen molar-refractivity contribution < 1.29 is 19.5 Å². The van der Waals surface area contributed by atoms with Crippen LogP contribution in [-0.2, 0) is 19.5 Å². The van der Waals surface area contributed by atoms with Gasteiger partial charge >= 0.3 is 64.3 Å². The second kappa shape index (κ2) is 24.2. The molecule has 0 aromatic carbocycles. The Morgan fingerprint density at radius 2 is 1.50 bits per heavy atom. The van der Waals surface area contributed by atoms with E-state index in [1.54, 1.807) is 0 Å². The molecule has 0 bridgehead atoms. The average molecular weight is 476 g/mol. The molecule has 0 amide bonds. The molecule has 0 aromatic heterocycles. The van der Waals surface area contributed by atoms with Crippen LogP contribution in [0.4, 0.5) is 0 Å². The first kappa shape index (κ1) is 22.9. The largest absolute Gasteiger partial charge is 0 e. The molecule has 6 heteroatoms. The van der Waals surface area contributed by atoms with Gasteiger partial charge in [0.05, 0.1) is 0 Å². The van der Waals surface area contributed by atoms with Crippen LogP contribution in [0.15, 0.2) is 0 Å². The Morgan fingerprint density at radius 1 is 1.50 bits per heavy atom. The van der Waals surface area contributed by atoms with Crippen molar-refractivity contribution in [2.24, 2.45) is 0 Å². The quantitative estimate of drug-likeness (QED) is 0.309. The minimum Gasteiger partial charge on any atom is 0 e. The molecule has 0 aliphatic carbocycles. The van der Waals surface area contributed by atoms with E-state index in [4.69, 9.17) is 0 Å².